The molecule has 3 aliphatic rings. The van der Waals surface area contributed by atoms with Crippen LogP contribution in [0.2, 0.25) is 0 Å². The second-order valence-electron chi connectivity index (χ2n) is 10.2. The van der Waals surface area contributed by atoms with Crippen molar-refractivity contribution in [3.8, 4) is 0 Å². The monoisotopic (exact) mass is 422 g/mol. The predicted molar refractivity (Wildman–Crippen MR) is 120 cm³/mol. The van der Waals surface area contributed by atoms with Crippen LogP contribution in [-0.2, 0) is 11.2 Å². The molecule has 4 atom stereocenters. The number of carbonyl (C=O) groups excluding carboxylic acids is 2. The molecule has 5 rings (SSSR count). The van der Waals surface area contributed by atoms with Gasteiger partial charge in [-0.1, -0.05) is 32.3 Å². The lowest BCUT2D eigenvalue weighted by molar-refractivity contribution is -0.120. The van der Waals surface area contributed by atoms with Crippen LogP contribution in [0.5, 0.6) is 0 Å². The van der Waals surface area contributed by atoms with Crippen LogP contribution in [0, 0.1) is 23.2 Å². The average Bonchev–Trinajstić information content (AvgIpc) is 3.23. The van der Waals surface area contributed by atoms with Crippen LogP contribution in [0.1, 0.15) is 74.5 Å². The molecule has 2 aromatic rings. The van der Waals surface area contributed by atoms with E-state index in [1.165, 1.54) is 44.9 Å². The largest absolute Gasteiger partial charge is 0.356 e. The van der Waals surface area contributed by atoms with Crippen molar-refractivity contribution in [2.45, 2.75) is 64.7 Å². The molecule has 0 saturated heterocycles. The second kappa shape index (κ2) is 8.29. The van der Waals surface area contributed by atoms with Gasteiger partial charge in [0.1, 0.15) is 11.3 Å². The highest BCUT2D eigenvalue weighted by Crippen LogP contribution is 2.59. The molecule has 2 N–H and O–H groups in total. The zero-order chi connectivity index (χ0) is 21.4. The first-order valence-corrected chi connectivity index (χ1v) is 12.1. The smallest absolute Gasteiger partial charge is 0.268 e. The third-order valence-corrected chi connectivity index (χ3v) is 7.91. The Kier molecular flexibility index (Phi) is 5.49. The molecule has 3 saturated carbocycles. The Balaban J connectivity index is 1.28. The fourth-order valence-corrected chi connectivity index (χ4v) is 6.72. The van der Waals surface area contributed by atoms with E-state index in [2.05, 4.69) is 15.6 Å². The Bertz CT molecular complexity index is 979. The summed E-state index contributed by atoms with van der Waals surface area (Å²) in [5, 5.41) is 6.16. The quantitative estimate of drug-likeness (QED) is 0.714. The maximum atomic E-state index is 13.2. The van der Waals surface area contributed by atoms with Crippen LogP contribution >= 0.6 is 0 Å². The normalized spacial score (nSPS) is 29.1. The minimum atomic E-state index is -0.0430. The van der Waals surface area contributed by atoms with Crippen LogP contribution in [0.25, 0.3) is 5.65 Å². The molecule has 0 aromatic carbocycles. The standard InChI is InChI=1S/C25H34N4O2/c1-2-9-26-23(30)11-20-15-29-21(7-4-8-22(29)28-20)24(31)27-16-25-12-17-5-3-6-18(13-25)19(10-17)14-25/h4,7-8,15,17-19H,2-3,5-6,9-14,16H2,1H3,(H,26,30)(H,27,31). The van der Waals surface area contributed by atoms with E-state index in [9.17, 15) is 9.59 Å². The highest BCUT2D eigenvalue weighted by atomic mass is 16.2. The molecule has 3 aliphatic carbocycles. The van der Waals surface area contributed by atoms with Crippen molar-refractivity contribution >= 4 is 17.5 Å². The summed E-state index contributed by atoms with van der Waals surface area (Å²) in [6.07, 6.45) is 12.4. The van der Waals surface area contributed by atoms with Crippen molar-refractivity contribution in [1.29, 1.82) is 0 Å². The predicted octanol–water partition coefficient (Wildman–Crippen LogP) is 3.74. The van der Waals surface area contributed by atoms with E-state index in [0.717, 1.165) is 30.7 Å². The number of imidazole rings is 1. The number of hydrogen-bond acceptors (Lipinski definition) is 3. The van der Waals surface area contributed by atoms with E-state index in [-0.39, 0.29) is 18.2 Å². The summed E-state index contributed by atoms with van der Waals surface area (Å²) in [5.41, 5.74) is 2.29. The first kappa shape index (κ1) is 20.5. The van der Waals surface area contributed by atoms with Gasteiger partial charge < -0.3 is 10.6 Å². The number of amides is 2. The van der Waals surface area contributed by atoms with E-state index in [1.807, 2.05) is 35.7 Å². The van der Waals surface area contributed by atoms with Gasteiger partial charge in [-0.2, -0.15) is 0 Å². The van der Waals surface area contributed by atoms with Gasteiger partial charge in [-0.15, -0.1) is 0 Å². The summed E-state index contributed by atoms with van der Waals surface area (Å²) in [4.78, 5) is 29.8. The number of carbonyl (C=O) groups is 2. The molecule has 6 heteroatoms. The lowest BCUT2D eigenvalue weighted by Crippen LogP contribution is -2.39. The molecular formula is C25H34N4O2. The number of rotatable bonds is 7. The van der Waals surface area contributed by atoms with Gasteiger partial charge in [0.05, 0.1) is 12.1 Å². The van der Waals surface area contributed by atoms with Crippen LogP contribution in [0.15, 0.2) is 24.4 Å². The zero-order valence-electron chi connectivity index (χ0n) is 18.5. The number of fused-ring (bicyclic) bond motifs is 3. The highest BCUT2D eigenvalue weighted by Gasteiger charge is 2.51. The maximum absolute atomic E-state index is 13.2. The van der Waals surface area contributed by atoms with Crippen LogP contribution in [0.3, 0.4) is 0 Å². The molecule has 0 aliphatic heterocycles. The molecule has 2 aromatic heterocycles. The first-order chi connectivity index (χ1) is 15.0. The summed E-state index contributed by atoms with van der Waals surface area (Å²) in [6, 6.07) is 5.59. The Hall–Kier alpha value is -2.37. The summed E-state index contributed by atoms with van der Waals surface area (Å²) in [5.74, 6) is 2.55. The fraction of sp³-hybridized carbons (Fsp3) is 0.640. The molecule has 166 valence electrons. The van der Waals surface area contributed by atoms with Gasteiger partial charge in [-0.05, 0) is 67.4 Å². The molecule has 0 spiro atoms. The summed E-state index contributed by atoms with van der Waals surface area (Å²) < 4.78 is 1.82. The van der Waals surface area contributed by atoms with Crippen molar-refractivity contribution < 1.29 is 9.59 Å². The Morgan fingerprint density at radius 2 is 2.03 bits per heavy atom. The third kappa shape index (κ3) is 4.09. The molecule has 2 amide bonds. The number of aromatic nitrogens is 2. The van der Waals surface area contributed by atoms with Gasteiger partial charge >= 0.3 is 0 Å². The third-order valence-electron chi connectivity index (χ3n) is 7.91. The minimum Gasteiger partial charge on any atom is -0.356 e. The van der Waals surface area contributed by atoms with Crippen LogP contribution in [0.4, 0.5) is 0 Å². The molecule has 4 unspecified atom stereocenters. The fourth-order valence-electron chi connectivity index (χ4n) is 6.72. The van der Waals surface area contributed by atoms with Gasteiger partial charge in [0, 0.05) is 19.3 Å². The van der Waals surface area contributed by atoms with Crippen LogP contribution < -0.4 is 10.6 Å². The van der Waals surface area contributed by atoms with Crippen molar-refractivity contribution in [3.05, 3.63) is 35.8 Å². The molecule has 2 heterocycles. The molecular weight excluding hydrogens is 388 g/mol. The number of hydrogen-bond donors (Lipinski definition) is 2. The molecule has 3 fully saturated rings. The first-order valence-electron chi connectivity index (χ1n) is 12.1. The lowest BCUT2D eigenvalue weighted by atomic mass is 9.69. The van der Waals surface area contributed by atoms with E-state index in [4.69, 9.17) is 0 Å². The topological polar surface area (TPSA) is 75.5 Å². The summed E-state index contributed by atoms with van der Waals surface area (Å²) in [7, 11) is 0. The highest BCUT2D eigenvalue weighted by molar-refractivity contribution is 5.93. The Labute approximate surface area is 184 Å². The van der Waals surface area contributed by atoms with Gasteiger partial charge in [-0.3, -0.25) is 14.0 Å². The van der Waals surface area contributed by atoms with E-state index in [0.29, 0.717) is 29.0 Å². The average molecular weight is 423 g/mol. The summed E-state index contributed by atoms with van der Waals surface area (Å²) >= 11 is 0. The van der Waals surface area contributed by atoms with Crippen molar-refractivity contribution in [1.82, 2.24) is 20.0 Å². The Morgan fingerprint density at radius 3 is 2.90 bits per heavy atom. The molecule has 6 nitrogen and oxygen atoms in total. The molecule has 31 heavy (non-hydrogen) atoms. The SMILES string of the molecule is CCCNC(=O)Cc1cn2c(C(=O)NCC34CC5CCCC(C3)C(C5)C4)cccc2n1. The number of pyridine rings is 1. The maximum Gasteiger partial charge on any atom is 0.268 e. The van der Waals surface area contributed by atoms with Gasteiger partial charge in [0.25, 0.3) is 5.91 Å². The van der Waals surface area contributed by atoms with Crippen molar-refractivity contribution in [2.24, 2.45) is 23.2 Å². The molecule has 3 bridgehead atoms. The van der Waals surface area contributed by atoms with Crippen molar-refractivity contribution in [3.63, 3.8) is 0 Å². The van der Waals surface area contributed by atoms with E-state index < -0.39 is 0 Å². The van der Waals surface area contributed by atoms with E-state index in [1.54, 1.807) is 0 Å². The second-order valence-corrected chi connectivity index (χ2v) is 10.2. The number of nitrogens with zero attached hydrogens (tertiary/aromatic N) is 2. The van der Waals surface area contributed by atoms with Gasteiger partial charge in [-0.25, -0.2) is 4.98 Å². The zero-order valence-corrected chi connectivity index (χ0v) is 18.5. The lowest BCUT2D eigenvalue weighted by Gasteiger charge is -2.38. The minimum absolute atomic E-state index is 0.0333. The van der Waals surface area contributed by atoms with Crippen LogP contribution in [-0.4, -0.2) is 34.3 Å². The van der Waals surface area contributed by atoms with Crippen molar-refractivity contribution in [2.75, 3.05) is 13.1 Å². The molecule has 0 radical (unpaired) electrons. The summed E-state index contributed by atoms with van der Waals surface area (Å²) in [6.45, 7) is 3.48. The Morgan fingerprint density at radius 1 is 1.16 bits per heavy atom. The van der Waals surface area contributed by atoms with Gasteiger partial charge in [0.15, 0.2) is 0 Å². The van der Waals surface area contributed by atoms with E-state index >= 15 is 0 Å². The van der Waals surface area contributed by atoms with Gasteiger partial charge in [0.2, 0.25) is 5.91 Å². The number of nitrogens with one attached hydrogen (secondary N) is 2.